The maximum absolute atomic E-state index is 12.3. The molecule has 2 aromatic rings. The molecule has 0 bridgehead atoms. The highest BCUT2D eigenvalue weighted by Gasteiger charge is 2.17. The maximum Gasteiger partial charge on any atom is 0.261 e. The number of hydrogen-bond acceptors (Lipinski definition) is 3. The number of halogens is 2. The Bertz CT molecular complexity index is 845. The minimum atomic E-state index is -3.76. The molecule has 0 atom stereocenters. The molecule has 0 fully saturated rings. The predicted octanol–water partition coefficient (Wildman–Crippen LogP) is 4.08. The summed E-state index contributed by atoms with van der Waals surface area (Å²) < 4.78 is 28.0. The number of rotatable bonds is 3. The summed E-state index contributed by atoms with van der Waals surface area (Å²) in [6, 6.07) is 11.1. The van der Waals surface area contributed by atoms with Gasteiger partial charge in [-0.2, -0.15) is 5.26 Å². The largest absolute Gasteiger partial charge is 0.279 e. The first-order valence-corrected chi connectivity index (χ1v) is 8.47. The predicted molar refractivity (Wildman–Crippen MR) is 85.9 cm³/mol. The third kappa shape index (κ3) is 3.56. The summed E-state index contributed by atoms with van der Waals surface area (Å²) in [5, 5.41) is 8.91. The minimum Gasteiger partial charge on any atom is -0.279 e. The smallest absolute Gasteiger partial charge is 0.261 e. The topological polar surface area (TPSA) is 70.0 Å². The van der Waals surface area contributed by atoms with E-state index >= 15 is 0 Å². The highest BCUT2D eigenvalue weighted by Crippen LogP contribution is 2.25. The second kappa shape index (κ2) is 6.06. The molecule has 21 heavy (non-hydrogen) atoms. The fraction of sp³-hybridized carbons (Fsp3) is 0.0714. The lowest BCUT2D eigenvalue weighted by Crippen LogP contribution is -2.13. The van der Waals surface area contributed by atoms with Crippen molar-refractivity contribution in [3.63, 3.8) is 0 Å². The molecule has 0 radical (unpaired) electrons. The summed E-state index contributed by atoms with van der Waals surface area (Å²) in [6.45, 7) is 1.80. The van der Waals surface area contributed by atoms with Crippen LogP contribution in [0.1, 0.15) is 11.1 Å². The zero-order chi connectivity index (χ0) is 15.6. The van der Waals surface area contributed by atoms with E-state index in [1.165, 1.54) is 18.2 Å². The van der Waals surface area contributed by atoms with E-state index in [1.807, 2.05) is 12.1 Å². The fourth-order valence-corrected chi connectivity index (χ4v) is 3.62. The van der Waals surface area contributed by atoms with E-state index in [1.54, 1.807) is 19.1 Å². The van der Waals surface area contributed by atoms with Gasteiger partial charge in [0.15, 0.2) is 0 Å². The van der Waals surface area contributed by atoms with Crippen LogP contribution >= 0.6 is 27.5 Å². The van der Waals surface area contributed by atoms with Gasteiger partial charge in [0.2, 0.25) is 0 Å². The van der Waals surface area contributed by atoms with E-state index in [4.69, 9.17) is 16.9 Å². The normalized spacial score (nSPS) is 11.0. The van der Waals surface area contributed by atoms with Gasteiger partial charge in [-0.25, -0.2) is 8.42 Å². The maximum atomic E-state index is 12.3. The Morgan fingerprint density at radius 2 is 1.95 bits per heavy atom. The zero-order valence-electron chi connectivity index (χ0n) is 10.9. The fourth-order valence-electron chi connectivity index (χ4n) is 1.70. The standard InChI is InChI=1S/C14H10BrClN2O2S/c1-9-6-11(15)3-5-14(9)18-21(19,20)12-4-2-10(8-17)13(16)7-12/h2-7,18H,1H3. The summed E-state index contributed by atoms with van der Waals surface area (Å²) in [7, 11) is -3.76. The Balaban J connectivity index is 2.39. The van der Waals surface area contributed by atoms with E-state index in [0.29, 0.717) is 5.69 Å². The molecule has 0 saturated heterocycles. The Morgan fingerprint density at radius 1 is 1.24 bits per heavy atom. The van der Waals surface area contributed by atoms with Crippen molar-refractivity contribution in [2.24, 2.45) is 0 Å². The van der Waals surface area contributed by atoms with Crippen molar-refractivity contribution in [2.75, 3.05) is 4.72 Å². The van der Waals surface area contributed by atoms with E-state index in [-0.39, 0.29) is 15.5 Å². The number of anilines is 1. The number of aryl methyl sites for hydroxylation is 1. The summed E-state index contributed by atoms with van der Waals surface area (Å²) in [5.41, 5.74) is 1.50. The number of hydrogen-bond donors (Lipinski definition) is 1. The molecule has 7 heteroatoms. The third-order valence-corrected chi connectivity index (χ3v) is 4.97. The van der Waals surface area contributed by atoms with Crippen molar-refractivity contribution in [2.45, 2.75) is 11.8 Å². The lowest BCUT2D eigenvalue weighted by atomic mass is 10.2. The molecular formula is C14H10BrClN2O2S. The summed E-state index contributed by atoms with van der Waals surface area (Å²) in [6.07, 6.45) is 0. The van der Waals surface area contributed by atoms with Crippen LogP contribution in [0.4, 0.5) is 5.69 Å². The van der Waals surface area contributed by atoms with Crippen LogP contribution in [0.3, 0.4) is 0 Å². The molecule has 108 valence electrons. The highest BCUT2D eigenvalue weighted by atomic mass is 79.9. The van der Waals surface area contributed by atoms with Gasteiger partial charge in [-0.15, -0.1) is 0 Å². The molecule has 0 aromatic heterocycles. The van der Waals surface area contributed by atoms with Crippen molar-refractivity contribution in [3.8, 4) is 6.07 Å². The van der Waals surface area contributed by atoms with Gasteiger partial charge in [-0.3, -0.25) is 4.72 Å². The Morgan fingerprint density at radius 3 is 2.52 bits per heavy atom. The average molecular weight is 386 g/mol. The first-order valence-electron chi connectivity index (χ1n) is 5.82. The first kappa shape index (κ1) is 15.8. The van der Waals surface area contributed by atoms with Crippen LogP contribution < -0.4 is 4.72 Å². The molecule has 0 aliphatic rings. The lowest BCUT2D eigenvalue weighted by molar-refractivity contribution is 0.601. The molecular weight excluding hydrogens is 376 g/mol. The van der Waals surface area contributed by atoms with E-state index in [0.717, 1.165) is 10.0 Å². The Labute approximate surface area is 136 Å². The highest BCUT2D eigenvalue weighted by molar-refractivity contribution is 9.10. The van der Waals surface area contributed by atoms with Crippen molar-refractivity contribution < 1.29 is 8.42 Å². The average Bonchev–Trinajstić information content (AvgIpc) is 2.42. The number of sulfonamides is 1. The van der Waals surface area contributed by atoms with Crippen LogP contribution in [-0.4, -0.2) is 8.42 Å². The first-order chi connectivity index (χ1) is 9.83. The summed E-state index contributed by atoms with van der Waals surface area (Å²) in [4.78, 5) is 0.00817. The Hall–Kier alpha value is -1.55. The van der Waals surface area contributed by atoms with Gasteiger partial charge in [0.25, 0.3) is 10.0 Å². The molecule has 2 aromatic carbocycles. The molecule has 0 aliphatic carbocycles. The van der Waals surface area contributed by atoms with Gasteiger partial charge in [0.1, 0.15) is 6.07 Å². The van der Waals surface area contributed by atoms with Gasteiger partial charge < -0.3 is 0 Å². The zero-order valence-corrected chi connectivity index (χ0v) is 14.1. The van der Waals surface area contributed by atoms with Gasteiger partial charge in [-0.1, -0.05) is 27.5 Å². The molecule has 4 nitrogen and oxygen atoms in total. The molecule has 0 heterocycles. The van der Waals surface area contributed by atoms with Crippen LogP contribution in [0.5, 0.6) is 0 Å². The summed E-state index contributed by atoms with van der Waals surface area (Å²) >= 11 is 9.19. The molecule has 0 unspecified atom stereocenters. The molecule has 2 rings (SSSR count). The monoisotopic (exact) mass is 384 g/mol. The van der Waals surface area contributed by atoms with E-state index < -0.39 is 10.0 Å². The molecule has 0 saturated carbocycles. The number of nitriles is 1. The lowest BCUT2D eigenvalue weighted by Gasteiger charge is -2.11. The van der Waals surface area contributed by atoms with Crippen molar-refractivity contribution in [1.82, 2.24) is 0 Å². The van der Waals surface area contributed by atoms with Crippen molar-refractivity contribution in [3.05, 3.63) is 57.0 Å². The number of benzene rings is 2. The van der Waals surface area contributed by atoms with E-state index in [2.05, 4.69) is 20.7 Å². The van der Waals surface area contributed by atoms with Gasteiger partial charge in [0.05, 0.1) is 21.2 Å². The molecule has 0 amide bonds. The van der Waals surface area contributed by atoms with Crippen LogP contribution in [0.2, 0.25) is 5.02 Å². The second-order valence-electron chi connectivity index (χ2n) is 4.32. The van der Waals surface area contributed by atoms with Crippen LogP contribution in [0, 0.1) is 18.3 Å². The second-order valence-corrected chi connectivity index (χ2v) is 7.32. The van der Waals surface area contributed by atoms with Gasteiger partial charge in [-0.05, 0) is 48.9 Å². The quantitative estimate of drug-likeness (QED) is 0.865. The SMILES string of the molecule is Cc1cc(Br)ccc1NS(=O)(=O)c1ccc(C#N)c(Cl)c1. The van der Waals surface area contributed by atoms with Crippen LogP contribution in [-0.2, 0) is 10.0 Å². The van der Waals surface area contributed by atoms with Crippen molar-refractivity contribution in [1.29, 1.82) is 5.26 Å². The summed E-state index contributed by atoms with van der Waals surface area (Å²) in [5.74, 6) is 0. The van der Waals surface area contributed by atoms with Crippen LogP contribution in [0.15, 0.2) is 45.8 Å². The van der Waals surface area contributed by atoms with E-state index in [9.17, 15) is 8.42 Å². The van der Waals surface area contributed by atoms with Gasteiger partial charge >= 0.3 is 0 Å². The van der Waals surface area contributed by atoms with Crippen LogP contribution in [0.25, 0.3) is 0 Å². The molecule has 0 aliphatic heterocycles. The third-order valence-electron chi connectivity index (χ3n) is 2.80. The molecule has 0 spiro atoms. The minimum absolute atomic E-state index is 0.00817. The number of nitrogens with one attached hydrogen (secondary N) is 1. The number of nitrogens with zero attached hydrogens (tertiary/aromatic N) is 1. The molecule has 1 N–H and O–H groups in total. The van der Waals surface area contributed by atoms with Gasteiger partial charge in [0, 0.05) is 4.47 Å². The Kier molecular flexibility index (Phi) is 4.57. The van der Waals surface area contributed by atoms with Crippen molar-refractivity contribution >= 4 is 43.2 Å².